The number of aromatic nitrogens is 2. The minimum atomic E-state index is -3.54. The number of amides is 1. The minimum Gasteiger partial charge on any atom is -0.411 e. The summed E-state index contributed by atoms with van der Waals surface area (Å²) in [6.07, 6.45) is 4.90. The number of nitrogens with zero attached hydrogens (tertiary/aromatic N) is 4. The minimum absolute atomic E-state index is 0.0799. The van der Waals surface area contributed by atoms with E-state index in [1.807, 2.05) is 11.8 Å². The van der Waals surface area contributed by atoms with Crippen molar-refractivity contribution in [1.82, 2.24) is 19.4 Å². The van der Waals surface area contributed by atoms with Gasteiger partial charge in [0.1, 0.15) is 0 Å². The topological polar surface area (TPSA) is 96.6 Å². The monoisotopic (exact) mass is 478 g/mol. The third-order valence-corrected chi connectivity index (χ3v) is 8.98. The van der Waals surface area contributed by atoms with Crippen molar-refractivity contribution in [2.45, 2.75) is 61.3 Å². The molecule has 8 nitrogen and oxygen atoms in total. The van der Waals surface area contributed by atoms with Gasteiger partial charge in [-0.25, -0.2) is 8.42 Å². The highest BCUT2D eigenvalue weighted by Crippen LogP contribution is 2.30. The molecule has 32 heavy (non-hydrogen) atoms. The summed E-state index contributed by atoms with van der Waals surface area (Å²) in [7, 11) is -3.54. The van der Waals surface area contributed by atoms with E-state index in [0.717, 1.165) is 45.2 Å². The van der Waals surface area contributed by atoms with E-state index in [1.54, 1.807) is 28.6 Å². The molecule has 10 heteroatoms. The average Bonchev–Trinajstić information content (AvgIpc) is 3.28. The zero-order valence-electron chi connectivity index (χ0n) is 18.6. The van der Waals surface area contributed by atoms with Crippen LogP contribution in [-0.2, 0) is 14.8 Å². The molecule has 2 fully saturated rings. The van der Waals surface area contributed by atoms with Gasteiger partial charge in [0, 0.05) is 31.7 Å². The lowest BCUT2D eigenvalue weighted by atomic mass is 9.99. The highest BCUT2D eigenvalue weighted by Gasteiger charge is 2.28. The van der Waals surface area contributed by atoms with Crippen LogP contribution in [0.5, 0.6) is 0 Å². The molecule has 1 aromatic carbocycles. The zero-order chi connectivity index (χ0) is 22.7. The van der Waals surface area contributed by atoms with E-state index in [0.29, 0.717) is 29.8 Å². The van der Waals surface area contributed by atoms with Crippen LogP contribution in [0.2, 0.25) is 0 Å². The summed E-state index contributed by atoms with van der Waals surface area (Å²) in [6, 6.07) is 6.61. The Morgan fingerprint density at radius 2 is 1.84 bits per heavy atom. The molecule has 0 radical (unpaired) electrons. The van der Waals surface area contributed by atoms with Crippen LogP contribution in [0.3, 0.4) is 0 Å². The second-order valence-corrected chi connectivity index (χ2v) is 11.9. The Bertz CT molecular complexity index is 1040. The average molecular weight is 479 g/mol. The summed E-state index contributed by atoms with van der Waals surface area (Å²) in [5.74, 6) is 0.987. The first-order valence-electron chi connectivity index (χ1n) is 11.2. The molecule has 0 N–H and O–H groups in total. The number of carbonyl (C=O) groups excluding carboxylic acids is 1. The van der Waals surface area contributed by atoms with Crippen LogP contribution in [0.25, 0.3) is 11.5 Å². The first-order chi connectivity index (χ1) is 15.3. The van der Waals surface area contributed by atoms with E-state index in [4.69, 9.17) is 4.42 Å². The summed E-state index contributed by atoms with van der Waals surface area (Å²) in [4.78, 5) is 14.9. The zero-order valence-corrected chi connectivity index (χ0v) is 20.2. The lowest BCUT2D eigenvalue weighted by molar-refractivity contribution is -0.131. The maximum atomic E-state index is 13.0. The molecule has 1 atom stereocenters. The number of benzene rings is 1. The largest absolute Gasteiger partial charge is 0.411 e. The van der Waals surface area contributed by atoms with Crippen molar-refractivity contribution in [3.8, 4) is 11.5 Å². The van der Waals surface area contributed by atoms with Crippen molar-refractivity contribution < 1.29 is 17.6 Å². The van der Waals surface area contributed by atoms with Gasteiger partial charge in [-0.1, -0.05) is 31.2 Å². The van der Waals surface area contributed by atoms with Gasteiger partial charge >= 0.3 is 0 Å². The van der Waals surface area contributed by atoms with E-state index in [1.165, 1.54) is 11.8 Å². The predicted octanol–water partition coefficient (Wildman–Crippen LogP) is 3.65. The maximum absolute atomic E-state index is 13.0. The number of sulfonamides is 1. The van der Waals surface area contributed by atoms with E-state index in [9.17, 15) is 13.2 Å². The Kier molecular flexibility index (Phi) is 7.21. The van der Waals surface area contributed by atoms with Crippen LogP contribution in [0, 0.1) is 5.92 Å². The highest BCUT2D eigenvalue weighted by molar-refractivity contribution is 8.00. The quantitative estimate of drug-likeness (QED) is 0.585. The van der Waals surface area contributed by atoms with Crippen LogP contribution in [0.4, 0.5) is 0 Å². The molecule has 2 aliphatic heterocycles. The van der Waals surface area contributed by atoms with Gasteiger partial charge < -0.3 is 9.32 Å². The van der Waals surface area contributed by atoms with Crippen molar-refractivity contribution in [3.05, 3.63) is 24.3 Å². The smallest absolute Gasteiger partial charge is 0.277 e. The Hall–Kier alpha value is -1.91. The fraction of sp³-hybridized carbons (Fsp3) is 0.591. The third kappa shape index (κ3) is 5.18. The summed E-state index contributed by atoms with van der Waals surface area (Å²) in [5, 5.41) is 8.13. The second-order valence-electron chi connectivity index (χ2n) is 8.63. The molecular formula is C22H30N4O4S2. The van der Waals surface area contributed by atoms with Gasteiger partial charge in [-0.2, -0.15) is 4.31 Å². The number of likely N-dealkylation sites (tertiary alicyclic amines) is 1. The second kappa shape index (κ2) is 9.93. The van der Waals surface area contributed by atoms with Crippen LogP contribution >= 0.6 is 11.8 Å². The highest BCUT2D eigenvalue weighted by atomic mass is 32.2. The van der Waals surface area contributed by atoms with Gasteiger partial charge in [0.05, 0.1) is 10.1 Å². The maximum Gasteiger partial charge on any atom is 0.277 e. The van der Waals surface area contributed by atoms with Crippen LogP contribution in [-0.4, -0.2) is 65.2 Å². The molecule has 0 aliphatic carbocycles. The van der Waals surface area contributed by atoms with Crippen molar-refractivity contribution in [2.75, 3.05) is 26.2 Å². The molecule has 0 bridgehead atoms. The predicted molar refractivity (Wildman–Crippen MR) is 123 cm³/mol. The van der Waals surface area contributed by atoms with E-state index in [2.05, 4.69) is 17.1 Å². The number of rotatable bonds is 6. The summed E-state index contributed by atoms with van der Waals surface area (Å²) in [5.41, 5.74) is 0.548. The van der Waals surface area contributed by atoms with Gasteiger partial charge in [-0.15, -0.1) is 10.2 Å². The molecule has 2 aliphatic rings. The fourth-order valence-electron chi connectivity index (χ4n) is 4.11. The van der Waals surface area contributed by atoms with E-state index in [-0.39, 0.29) is 21.9 Å². The van der Waals surface area contributed by atoms with Crippen molar-refractivity contribution in [2.24, 2.45) is 5.92 Å². The van der Waals surface area contributed by atoms with Crippen molar-refractivity contribution in [1.29, 1.82) is 0 Å². The van der Waals surface area contributed by atoms with Crippen LogP contribution < -0.4 is 0 Å². The molecule has 174 valence electrons. The van der Waals surface area contributed by atoms with Gasteiger partial charge in [-0.05, 0) is 56.7 Å². The lowest BCUT2D eigenvalue weighted by Crippen LogP contribution is -2.41. The van der Waals surface area contributed by atoms with Gasteiger partial charge in [-0.3, -0.25) is 4.79 Å². The number of hydrogen-bond acceptors (Lipinski definition) is 7. The Morgan fingerprint density at radius 3 is 2.56 bits per heavy atom. The molecule has 2 saturated heterocycles. The van der Waals surface area contributed by atoms with Crippen LogP contribution in [0.15, 0.2) is 38.8 Å². The standard InChI is InChI=1S/C22H30N4O4S2/c1-16-9-13-25(14-10-16)21(27)17(2)31-22-24-23-20(30-22)18-7-6-8-19(15-18)32(28,29)26-11-4-3-5-12-26/h6-8,15-17H,3-5,9-14H2,1-2H3/t17-/m0/s1. The van der Waals surface area contributed by atoms with Crippen LogP contribution in [0.1, 0.15) is 46.0 Å². The van der Waals surface area contributed by atoms with E-state index < -0.39 is 10.0 Å². The third-order valence-electron chi connectivity index (χ3n) is 6.16. The Balaban J connectivity index is 1.44. The van der Waals surface area contributed by atoms with Crippen molar-refractivity contribution in [3.63, 3.8) is 0 Å². The molecular weight excluding hydrogens is 448 g/mol. The molecule has 1 amide bonds. The Morgan fingerprint density at radius 1 is 1.12 bits per heavy atom. The Labute approximate surface area is 193 Å². The first-order valence-corrected chi connectivity index (χ1v) is 13.6. The molecule has 4 rings (SSSR count). The van der Waals surface area contributed by atoms with Gasteiger partial charge in [0.25, 0.3) is 5.22 Å². The normalized spacial score (nSPS) is 19.8. The number of carbonyl (C=O) groups is 1. The molecule has 3 heterocycles. The van der Waals surface area contributed by atoms with Crippen molar-refractivity contribution >= 4 is 27.7 Å². The number of piperidine rings is 2. The van der Waals surface area contributed by atoms with Gasteiger partial charge in [0.15, 0.2) is 0 Å². The lowest BCUT2D eigenvalue weighted by Gasteiger charge is -2.31. The van der Waals surface area contributed by atoms with Gasteiger partial charge in [0.2, 0.25) is 21.8 Å². The fourth-order valence-corrected chi connectivity index (χ4v) is 6.44. The SMILES string of the molecule is CC1CCN(C(=O)[C@H](C)Sc2nnc(-c3cccc(S(=O)(=O)N4CCCCC4)c3)o2)CC1. The summed E-state index contributed by atoms with van der Waals surface area (Å²) < 4.78 is 33.3. The number of hydrogen-bond donors (Lipinski definition) is 0. The molecule has 0 saturated carbocycles. The molecule has 1 aromatic heterocycles. The van der Waals surface area contributed by atoms with E-state index >= 15 is 0 Å². The molecule has 0 unspecified atom stereocenters. The molecule has 0 spiro atoms. The summed E-state index contributed by atoms with van der Waals surface area (Å²) in [6.45, 7) is 6.75. The number of thioether (sulfide) groups is 1. The molecule has 2 aromatic rings. The summed E-state index contributed by atoms with van der Waals surface area (Å²) >= 11 is 1.24. The first kappa shape index (κ1) is 23.3.